The van der Waals surface area contributed by atoms with E-state index in [1.165, 1.54) is 0 Å². The van der Waals surface area contributed by atoms with Gasteiger partial charge in [-0.1, -0.05) is 6.07 Å². The molecule has 90 valence electrons. The van der Waals surface area contributed by atoms with Crippen LogP contribution in [0.4, 0.5) is 0 Å². The Hall–Kier alpha value is -1.20. The Labute approximate surface area is 109 Å². The molecule has 2 N–H and O–H groups in total. The maximum Gasteiger partial charge on any atom is 0.127 e. The van der Waals surface area contributed by atoms with Crippen molar-refractivity contribution in [2.24, 2.45) is 12.8 Å². The fourth-order valence-electron chi connectivity index (χ4n) is 1.79. The molecule has 0 atom stereocenters. The molecule has 0 amide bonds. The van der Waals surface area contributed by atoms with E-state index in [4.69, 9.17) is 5.73 Å². The van der Waals surface area contributed by atoms with Crippen molar-refractivity contribution in [1.29, 1.82) is 0 Å². The summed E-state index contributed by atoms with van der Waals surface area (Å²) in [6.07, 6.45) is 3.63. The molecule has 4 nitrogen and oxygen atoms in total. The van der Waals surface area contributed by atoms with Crippen LogP contribution >= 0.6 is 15.9 Å². The normalized spacial score (nSPS) is 10.8. The molecule has 2 heterocycles. The quantitative estimate of drug-likeness (QED) is 0.936. The number of halogens is 1. The van der Waals surface area contributed by atoms with E-state index in [0.717, 1.165) is 34.7 Å². The first kappa shape index (κ1) is 12.3. The molecule has 0 fully saturated rings. The Bertz CT molecular complexity index is 493. The summed E-state index contributed by atoms with van der Waals surface area (Å²) >= 11 is 3.47. The second-order valence-electron chi connectivity index (χ2n) is 3.85. The zero-order chi connectivity index (χ0) is 12.3. The van der Waals surface area contributed by atoms with Gasteiger partial charge < -0.3 is 10.3 Å². The van der Waals surface area contributed by atoms with E-state index in [9.17, 15) is 0 Å². The number of pyridine rings is 1. The van der Waals surface area contributed by atoms with Crippen LogP contribution in [0.1, 0.15) is 17.2 Å². The van der Waals surface area contributed by atoms with Crippen molar-refractivity contribution >= 4 is 15.9 Å². The van der Waals surface area contributed by atoms with Crippen molar-refractivity contribution in [3.05, 3.63) is 46.2 Å². The summed E-state index contributed by atoms with van der Waals surface area (Å²) in [5, 5.41) is 0. The summed E-state index contributed by atoms with van der Waals surface area (Å²) in [7, 11) is 1.99. The maximum absolute atomic E-state index is 5.62. The molecule has 5 heteroatoms. The van der Waals surface area contributed by atoms with Crippen molar-refractivity contribution in [2.45, 2.75) is 19.4 Å². The summed E-state index contributed by atoms with van der Waals surface area (Å²) < 4.78 is 2.93. The van der Waals surface area contributed by atoms with Gasteiger partial charge in [0, 0.05) is 18.9 Å². The van der Waals surface area contributed by atoms with E-state index in [0.29, 0.717) is 6.54 Å². The van der Waals surface area contributed by atoms with Crippen molar-refractivity contribution in [2.75, 3.05) is 0 Å². The molecular formula is C12H15BrN4. The molecule has 0 aliphatic carbocycles. The van der Waals surface area contributed by atoms with Crippen LogP contribution in [0.3, 0.4) is 0 Å². The molecule has 17 heavy (non-hydrogen) atoms. The van der Waals surface area contributed by atoms with Crippen LogP contribution in [0, 0.1) is 0 Å². The Morgan fingerprint density at radius 1 is 1.35 bits per heavy atom. The highest BCUT2D eigenvalue weighted by atomic mass is 79.9. The first-order chi connectivity index (χ1) is 8.22. The molecule has 2 rings (SSSR count). The van der Waals surface area contributed by atoms with Crippen molar-refractivity contribution in [3.8, 4) is 0 Å². The lowest BCUT2D eigenvalue weighted by Gasteiger charge is -2.04. The summed E-state index contributed by atoms with van der Waals surface area (Å²) in [5.74, 6) is 0.896. The van der Waals surface area contributed by atoms with Gasteiger partial charge in [0.15, 0.2) is 0 Å². The zero-order valence-electron chi connectivity index (χ0n) is 9.73. The highest BCUT2D eigenvalue weighted by Gasteiger charge is 2.11. The zero-order valence-corrected chi connectivity index (χ0v) is 11.3. The van der Waals surface area contributed by atoms with Gasteiger partial charge in [0.25, 0.3) is 0 Å². The molecule has 0 aromatic carbocycles. The average Bonchev–Trinajstić information content (AvgIpc) is 2.63. The largest absolute Gasteiger partial charge is 0.333 e. The number of hydrogen-bond donors (Lipinski definition) is 1. The molecule has 0 spiro atoms. The highest BCUT2D eigenvalue weighted by Crippen LogP contribution is 2.18. The molecule has 0 saturated carbocycles. The molecule has 0 aliphatic heterocycles. The predicted octanol–water partition coefficient (Wildman–Crippen LogP) is 1.82. The van der Waals surface area contributed by atoms with Gasteiger partial charge in [-0.3, -0.25) is 4.98 Å². The third kappa shape index (κ3) is 2.73. The number of imidazole rings is 1. The van der Waals surface area contributed by atoms with Crippen LogP contribution in [-0.4, -0.2) is 14.5 Å². The molecule has 0 saturated heterocycles. The summed E-state index contributed by atoms with van der Waals surface area (Å²) in [6, 6.07) is 5.97. The van der Waals surface area contributed by atoms with Crippen LogP contribution in [0.25, 0.3) is 0 Å². The SMILES string of the molecule is Cn1c(CN)nc(Br)c1CCc1ccccn1. The second kappa shape index (κ2) is 5.42. The van der Waals surface area contributed by atoms with Gasteiger partial charge in [0.05, 0.1) is 12.2 Å². The standard InChI is InChI=1S/C12H15BrN4/c1-17-10(12(13)16-11(17)8-14)6-5-9-4-2-3-7-15-9/h2-4,7H,5-6,8,14H2,1H3. The molecule has 2 aromatic heterocycles. The lowest BCUT2D eigenvalue weighted by atomic mass is 10.2. The Morgan fingerprint density at radius 3 is 2.76 bits per heavy atom. The topological polar surface area (TPSA) is 56.7 Å². The summed E-state index contributed by atoms with van der Waals surface area (Å²) in [6.45, 7) is 0.457. The number of rotatable bonds is 4. The van der Waals surface area contributed by atoms with E-state index >= 15 is 0 Å². The maximum atomic E-state index is 5.62. The highest BCUT2D eigenvalue weighted by molar-refractivity contribution is 9.10. The minimum absolute atomic E-state index is 0.457. The van der Waals surface area contributed by atoms with E-state index in [1.54, 1.807) is 0 Å². The third-order valence-electron chi connectivity index (χ3n) is 2.78. The van der Waals surface area contributed by atoms with Gasteiger partial charge in [-0.25, -0.2) is 4.98 Å². The minimum atomic E-state index is 0.457. The Kier molecular flexibility index (Phi) is 3.91. The second-order valence-corrected chi connectivity index (χ2v) is 4.60. The molecular weight excluding hydrogens is 280 g/mol. The number of aryl methyl sites for hydroxylation is 1. The van der Waals surface area contributed by atoms with E-state index in [-0.39, 0.29) is 0 Å². The average molecular weight is 295 g/mol. The molecule has 0 radical (unpaired) electrons. The van der Waals surface area contributed by atoms with Gasteiger partial charge in [-0.2, -0.15) is 0 Å². The summed E-state index contributed by atoms with van der Waals surface area (Å²) in [4.78, 5) is 8.69. The predicted molar refractivity (Wildman–Crippen MR) is 70.4 cm³/mol. The van der Waals surface area contributed by atoms with Crippen LogP contribution in [0.15, 0.2) is 29.0 Å². The lowest BCUT2D eigenvalue weighted by Crippen LogP contribution is -2.07. The fourth-order valence-corrected chi connectivity index (χ4v) is 2.46. The molecule has 2 aromatic rings. The first-order valence-corrected chi connectivity index (χ1v) is 6.31. The summed E-state index contributed by atoms with van der Waals surface area (Å²) in [5.41, 5.74) is 7.88. The van der Waals surface area contributed by atoms with Crippen molar-refractivity contribution in [1.82, 2.24) is 14.5 Å². The van der Waals surface area contributed by atoms with Crippen LogP contribution in [0.5, 0.6) is 0 Å². The van der Waals surface area contributed by atoms with Gasteiger partial charge in [0.2, 0.25) is 0 Å². The number of hydrogen-bond acceptors (Lipinski definition) is 3. The lowest BCUT2D eigenvalue weighted by molar-refractivity contribution is 0.734. The molecule has 0 unspecified atom stereocenters. The first-order valence-electron chi connectivity index (χ1n) is 5.52. The Morgan fingerprint density at radius 2 is 2.18 bits per heavy atom. The smallest absolute Gasteiger partial charge is 0.127 e. The minimum Gasteiger partial charge on any atom is -0.333 e. The van der Waals surface area contributed by atoms with Crippen LogP contribution in [-0.2, 0) is 26.4 Å². The third-order valence-corrected chi connectivity index (χ3v) is 3.42. The molecule has 0 bridgehead atoms. The van der Waals surface area contributed by atoms with Gasteiger partial charge in [-0.05, 0) is 40.9 Å². The van der Waals surface area contributed by atoms with E-state index in [2.05, 4.69) is 25.9 Å². The van der Waals surface area contributed by atoms with Crippen LogP contribution in [0.2, 0.25) is 0 Å². The van der Waals surface area contributed by atoms with Crippen LogP contribution < -0.4 is 5.73 Å². The van der Waals surface area contributed by atoms with Crippen molar-refractivity contribution in [3.63, 3.8) is 0 Å². The molecule has 0 aliphatic rings. The van der Waals surface area contributed by atoms with E-state index < -0.39 is 0 Å². The van der Waals surface area contributed by atoms with Gasteiger partial charge in [0.1, 0.15) is 10.4 Å². The van der Waals surface area contributed by atoms with E-state index in [1.807, 2.05) is 36.0 Å². The monoisotopic (exact) mass is 294 g/mol. The number of nitrogens with zero attached hydrogens (tertiary/aromatic N) is 3. The van der Waals surface area contributed by atoms with Gasteiger partial charge in [-0.15, -0.1) is 0 Å². The Balaban J connectivity index is 2.12. The van der Waals surface area contributed by atoms with Crippen molar-refractivity contribution < 1.29 is 0 Å². The number of aromatic nitrogens is 3. The van der Waals surface area contributed by atoms with Gasteiger partial charge >= 0.3 is 0 Å². The fraction of sp³-hybridized carbons (Fsp3) is 0.333. The number of nitrogens with two attached hydrogens (primary N) is 1.